The molecule has 0 aromatic rings. The van der Waals surface area contributed by atoms with Gasteiger partial charge in [0.1, 0.15) is 0 Å². The molecule has 14 heavy (non-hydrogen) atoms. The van der Waals surface area contributed by atoms with Crippen LogP contribution in [0.25, 0.3) is 0 Å². The molecule has 1 amide bonds. The lowest BCUT2D eigenvalue weighted by Crippen LogP contribution is -2.43. The summed E-state index contributed by atoms with van der Waals surface area (Å²) in [6, 6.07) is 0.167. The summed E-state index contributed by atoms with van der Waals surface area (Å²) in [7, 11) is 1.39. The highest BCUT2D eigenvalue weighted by atomic mass is 16.5. The number of piperidine rings is 1. The molecule has 0 saturated carbocycles. The maximum Gasteiger partial charge on any atom is 0.407 e. The molecule has 1 unspecified atom stereocenters. The first-order valence-electron chi connectivity index (χ1n) is 5.29. The van der Waals surface area contributed by atoms with E-state index in [4.69, 9.17) is 0 Å². The first-order chi connectivity index (χ1) is 6.72. The second-order valence-corrected chi connectivity index (χ2v) is 3.90. The van der Waals surface area contributed by atoms with Crippen molar-refractivity contribution in [2.75, 3.05) is 26.7 Å². The Balaban J connectivity index is 2.18. The van der Waals surface area contributed by atoms with E-state index in [9.17, 15) is 4.79 Å². The van der Waals surface area contributed by atoms with E-state index in [1.165, 1.54) is 26.4 Å². The standard InChI is InChI=1S/C10H20N2O2/c1-9(11-10(13)14-2)8-12-6-4-3-5-7-12/h9H,3-8H2,1-2H3,(H,11,13). The summed E-state index contributed by atoms with van der Waals surface area (Å²) in [4.78, 5) is 13.3. The Morgan fingerprint density at radius 3 is 2.64 bits per heavy atom. The van der Waals surface area contributed by atoms with Gasteiger partial charge < -0.3 is 15.0 Å². The van der Waals surface area contributed by atoms with Crippen LogP contribution in [0.3, 0.4) is 0 Å². The second-order valence-electron chi connectivity index (χ2n) is 3.90. The highest BCUT2D eigenvalue weighted by molar-refractivity contribution is 5.67. The van der Waals surface area contributed by atoms with Crippen molar-refractivity contribution in [2.45, 2.75) is 32.2 Å². The summed E-state index contributed by atoms with van der Waals surface area (Å²) >= 11 is 0. The fraction of sp³-hybridized carbons (Fsp3) is 0.900. The molecule has 1 heterocycles. The number of hydrogen-bond acceptors (Lipinski definition) is 3. The van der Waals surface area contributed by atoms with Crippen molar-refractivity contribution in [2.24, 2.45) is 0 Å². The number of carbonyl (C=O) groups is 1. The van der Waals surface area contributed by atoms with Gasteiger partial charge >= 0.3 is 6.09 Å². The number of ether oxygens (including phenoxy) is 1. The molecule has 0 radical (unpaired) electrons. The first-order valence-corrected chi connectivity index (χ1v) is 5.29. The van der Waals surface area contributed by atoms with Crippen LogP contribution in [-0.4, -0.2) is 43.8 Å². The predicted octanol–water partition coefficient (Wildman–Crippen LogP) is 1.22. The van der Waals surface area contributed by atoms with Crippen LogP contribution >= 0.6 is 0 Å². The number of nitrogens with zero attached hydrogens (tertiary/aromatic N) is 1. The van der Waals surface area contributed by atoms with Gasteiger partial charge in [0.2, 0.25) is 0 Å². The molecule has 1 rings (SSSR count). The van der Waals surface area contributed by atoms with Gasteiger partial charge in [-0.2, -0.15) is 0 Å². The summed E-state index contributed by atoms with van der Waals surface area (Å²) in [6.45, 7) is 5.25. The minimum absolute atomic E-state index is 0.167. The summed E-state index contributed by atoms with van der Waals surface area (Å²) in [5, 5.41) is 2.77. The topological polar surface area (TPSA) is 41.6 Å². The van der Waals surface area contributed by atoms with Gasteiger partial charge in [-0.3, -0.25) is 0 Å². The van der Waals surface area contributed by atoms with E-state index in [0.29, 0.717) is 0 Å². The Bertz CT molecular complexity index is 179. The molecule has 4 nitrogen and oxygen atoms in total. The Morgan fingerprint density at radius 1 is 1.43 bits per heavy atom. The number of carbonyl (C=O) groups excluding carboxylic acids is 1. The van der Waals surface area contributed by atoms with Gasteiger partial charge in [0.25, 0.3) is 0 Å². The lowest BCUT2D eigenvalue weighted by molar-refractivity contribution is 0.158. The van der Waals surface area contributed by atoms with Crippen LogP contribution in [0, 0.1) is 0 Å². The van der Waals surface area contributed by atoms with Crippen LogP contribution in [0.1, 0.15) is 26.2 Å². The number of nitrogens with one attached hydrogen (secondary N) is 1. The van der Waals surface area contributed by atoms with Gasteiger partial charge in [-0.05, 0) is 32.9 Å². The van der Waals surface area contributed by atoms with Gasteiger partial charge in [0.05, 0.1) is 7.11 Å². The Kier molecular flexibility index (Phi) is 4.73. The molecule has 0 bridgehead atoms. The van der Waals surface area contributed by atoms with Crippen molar-refractivity contribution >= 4 is 6.09 Å². The zero-order valence-electron chi connectivity index (χ0n) is 9.08. The summed E-state index contributed by atoms with van der Waals surface area (Å²) < 4.78 is 4.54. The molecule has 4 heteroatoms. The van der Waals surface area contributed by atoms with E-state index in [-0.39, 0.29) is 12.1 Å². The third-order valence-corrected chi connectivity index (χ3v) is 2.53. The van der Waals surface area contributed by atoms with Crippen LogP contribution < -0.4 is 5.32 Å². The van der Waals surface area contributed by atoms with Crippen LogP contribution in [0.15, 0.2) is 0 Å². The van der Waals surface area contributed by atoms with Crippen molar-refractivity contribution in [3.8, 4) is 0 Å². The van der Waals surface area contributed by atoms with Crippen LogP contribution in [-0.2, 0) is 4.74 Å². The van der Waals surface area contributed by atoms with Gasteiger partial charge in [-0.25, -0.2) is 4.79 Å². The average Bonchev–Trinajstić information content (AvgIpc) is 2.19. The molecule has 0 spiro atoms. The molecule has 82 valence electrons. The predicted molar refractivity (Wildman–Crippen MR) is 55.3 cm³/mol. The van der Waals surface area contributed by atoms with Crippen molar-refractivity contribution in [1.29, 1.82) is 0 Å². The Labute approximate surface area is 85.6 Å². The molecule has 1 fully saturated rings. The number of alkyl carbamates (subject to hydrolysis) is 1. The van der Waals surface area contributed by atoms with E-state index in [1.54, 1.807) is 0 Å². The highest BCUT2D eigenvalue weighted by Gasteiger charge is 2.14. The van der Waals surface area contributed by atoms with Gasteiger partial charge in [0.15, 0.2) is 0 Å². The molecule has 1 aliphatic rings. The molecule has 1 N–H and O–H groups in total. The van der Waals surface area contributed by atoms with Crippen molar-refractivity contribution in [3.63, 3.8) is 0 Å². The third kappa shape index (κ3) is 3.96. The Hall–Kier alpha value is -0.770. The highest BCUT2D eigenvalue weighted by Crippen LogP contribution is 2.08. The van der Waals surface area contributed by atoms with Crippen LogP contribution in [0.4, 0.5) is 4.79 Å². The van der Waals surface area contributed by atoms with Gasteiger partial charge in [0, 0.05) is 12.6 Å². The first kappa shape index (κ1) is 11.3. The lowest BCUT2D eigenvalue weighted by Gasteiger charge is -2.29. The summed E-state index contributed by atoms with van der Waals surface area (Å²) in [5.41, 5.74) is 0. The third-order valence-electron chi connectivity index (χ3n) is 2.53. The van der Waals surface area contributed by atoms with Gasteiger partial charge in [-0.1, -0.05) is 6.42 Å². The number of likely N-dealkylation sites (tertiary alicyclic amines) is 1. The van der Waals surface area contributed by atoms with Gasteiger partial charge in [-0.15, -0.1) is 0 Å². The van der Waals surface area contributed by atoms with E-state index in [0.717, 1.165) is 19.6 Å². The van der Waals surface area contributed by atoms with Crippen LogP contribution in [0.2, 0.25) is 0 Å². The monoisotopic (exact) mass is 200 g/mol. The van der Waals surface area contributed by atoms with E-state index < -0.39 is 0 Å². The van der Waals surface area contributed by atoms with E-state index >= 15 is 0 Å². The normalized spacial score (nSPS) is 20.1. The van der Waals surface area contributed by atoms with Crippen molar-refractivity contribution in [1.82, 2.24) is 10.2 Å². The Morgan fingerprint density at radius 2 is 2.07 bits per heavy atom. The molecular weight excluding hydrogens is 180 g/mol. The quantitative estimate of drug-likeness (QED) is 0.744. The SMILES string of the molecule is COC(=O)NC(C)CN1CCCCC1. The fourth-order valence-corrected chi connectivity index (χ4v) is 1.84. The maximum atomic E-state index is 10.9. The molecule has 0 aromatic heterocycles. The number of amides is 1. The van der Waals surface area contributed by atoms with Crippen molar-refractivity contribution < 1.29 is 9.53 Å². The minimum Gasteiger partial charge on any atom is -0.453 e. The zero-order chi connectivity index (χ0) is 10.4. The molecule has 0 aromatic carbocycles. The lowest BCUT2D eigenvalue weighted by atomic mass is 10.1. The zero-order valence-corrected chi connectivity index (χ0v) is 9.08. The number of methoxy groups -OCH3 is 1. The van der Waals surface area contributed by atoms with E-state index in [2.05, 4.69) is 15.0 Å². The summed E-state index contributed by atoms with van der Waals surface area (Å²) in [6.07, 6.45) is 3.57. The smallest absolute Gasteiger partial charge is 0.407 e. The minimum atomic E-state index is -0.338. The summed E-state index contributed by atoms with van der Waals surface area (Å²) in [5.74, 6) is 0. The average molecular weight is 200 g/mol. The fourth-order valence-electron chi connectivity index (χ4n) is 1.84. The van der Waals surface area contributed by atoms with Crippen molar-refractivity contribution in [3.05, 3.63) is 0 Å². The largest absolute Gasteiger partial charge is 0.453 e. The molecule has 0 aliphatic carbocycles. The number of hydrogen-bond donors (Lipinski definition) is 1. The molecule has 1 aliphatic heterocycles. The maximum absolute atomic E-state index is 10.9. The molecular formula is C10H20N2O2. The number of rotatable bonds is 3. The second kappa shape index (κ2) is 5.86. The van der Waals surface area contributed by atoms with E-state index in [1.807, 2.05) is 6.92 Å². The van der Waals surface area contributed by atoms with Crippen LogP contribution in [0.5, 0.6) is 0 Å². The molecule has 1 saturated heterocycles. The molecule has 1 atom stereocenters.